The van der Waals surface area contributed by atoms with Gasteiger partial charge in [-0.2, -0.15) is 16.6 Å². The fourth-order valence-corrected chi connectivity index (χ4v) is 4.72. The number of nitriles is 1. The van der Waals surface area contributed by atoms with E-state index < -0.39 is 18.4 Å². The number of hydrogen-bond acceptors (Lipinski definition) is 9. The van der Waals surface area contributed by atoms with Crippen LogP contribution in [0.2, 0.25) is 0 Å². The predicted octanol–water partition coefficient (Wildman–Crippen LogP) is 3.92. The fourth-order valence-electron chi connectivity index (χ4n) is 3.22. The molecule has 0 unspecified atom stereocenters. The van der Waals surface area contributed by atoms with Gasteiger partial charge < -0.3 is 14.5 Å². The maximum atomic E-state index is 12.7. The van der Waals surface area contributed by atoms with Gasteiger partial charge >= 0.3 is 5.97 Å². The Kier molecular flexibility index (Phi) is 5.35. The van der Waals surface area contributed by atoms with Gasteiger partial charge in [-0.25, -0.2) is 9.78 Å². The number of Topliss-reactive ketones (excluding diaryl/α,β-unsaturated/α-hetero) is 1. The summed E-state index contributed by atoms with van der Waals surface area (Å²) in [7, 11) is 3.57. The molecule has 3 heterocycles. The van der Waals surface area contributed by atoms with Crippen LogP contribution in [0.5, 0.6) is 0 Å². The molecule has 1 aliphatic heterocycles. The van der Waals surface area contributed by atoms with Crippen molar-refractivity contribution in [3.8, 4) is 16.6 Å². The molecule has 0 saturated heterocycles. The van der Waals surface area contributed by atoms with Crippen LogP contribution in [0.1, 0.15) is 10.5 Å². The van der Waals surface area contributed by atoms with Crippen molar-refractivity contribution in [1.82, 2.24) is 4.98 Å². The molecule has 1 aromatic carbocycles. The summed E-state index contributed by atoms with van der Waals surface area (Å²) in [5.74, 6) is -0.811. The van der Waals surface area contributed by atoms with Crippen LogP contribution in [-0.2, 0) is 9.53 Å². The van der Waals surface area contributed by atoms with E-state index in [0.717, 1.165) is 16.9 Å². The van der Waals surface area contributed by atoms with Crippen LogP contribution in [0.15, 0.2) is 57.9 Å². The Bertz CT molecular complexity index is 1160. The molecule has 0 fully saturated rings. The summed E-state index contributed by atoms with van der Waals surface area (Å²) in [6.07, 6.45) is 0. The lowest BCUT2D eigenvalue weighted by atomic mass is 10.2. The van der Waals surface area contributed by atoms with Crippen LogP contribution in [0.4, 0.5) is 11.4 Å². The highest BCUT2D eigenvalue weighted by atomic mass is 32.1. The molecule has 0 radical (unpaired) electrons. The number of thiazole rings is 1. The summed E-state index contributed by atoms with van der Waals surface area (Å²) in [4.78, 5) is 32.9. The van der Waals surface area contributed by atoms with Gasteiger partial charge in [-0.3, -0.25) is 4.79 Å². The summed E-state index contributed by atoms with van der Waals surface area (Å²) in [5.41, 5.74) is 2.78. The van der Waals surface area contributed by atoms with Gasteiger partial charge in [-0.1, -0.05) is 12.1 Å². The Morgan fingerprint density at radius 2 is 1.83 bits per heavy atom. The van der Waals surface area contributed by atoms with Crippen molar-refractivity contribution in [1.29, 1.82) is 5.26 Å². The maximum absolute atomic E-state index is 12.7. The zero-order chi connectivity index (χ0) is 21.3. The van der Waals surface area contributed by atoms with E-state index in [4.69, 9.17) is 4.74 Å². The van der Waals surface area contributed by atoms with Crippen LogP contribution in [0.25, 0.3) is 10.6 Å². The monoisotopic (exact) mass is 436 g/mol. The van der Waals surface area contributed by atoms with E-state index in [2.05, 4.69) is 4.98 Å². The summed E-state index contributed by atoms with van der Waals surface area (Å²) in [5, 5.41) is 15.8. The van der Waals surface area contributed by atoms with Crippen molar-refractivity contribution in [2.75, 3.05) is 30.5 Å². The molecule has 0 spiro atoms. The van der Waals surface area contributed by atoms with E-state index in [1.54, 1.807) is 40.6 Å². The number of para-hydroxylation sites is 2. The van der Waals surface area contributed by atoms with Crippen molar-refractivity contribution in [2.45, 2.75) is 0 Å². The minimum absolute atomic E-state index is 0.0683. The summed E-state index contributed by atoms with van der Waals surface area (Å²) < 4.78 is 5.15. The van der Waals surface area contributed by atoms with E-state index in [-0.39, 0.29) is 11.3 Å². The van der Waals surface area contributed by atoms with Crippen LogP contribution in [0, 0.1) is 11.3 Å². The fraction of sp³-hybridized carbons (Fsp3) is 0.143. The third kappa shape index (κ3) is 3.47. The first-order valence-corrected chi connectivity index (χ1v) is 10.7. The van der Waals surface area contributed by atoms with Crippen LogP contribution in [0.3, 0.4) is 0 Å². The normalized spacial score (nSPS) is 12.5. The Hall–Kier alpha value is -3.48. The molecule has 7 nitrogen and oxygen atoms in total. The van der Waals surface area contributed by atoms with Gasteiger partial charge in [0.15, 0.2) is 12.3 Å². The second-order valence-corrected chi connectivity index (χ2v) is 8.10. The lowest BCUT2D eigenvalue weighted by Crippen LogP contribution is -2.27. The smallest absolute Gasteiger partial charge is 0.358 e. The Balaban J connectivity index is 1.49. The highest BCUT2D eigenvalue weighted by Crippen LogP contribution is 2.40. The number of carbonyl (C=O) groups excluding carboxylic acids is 2. The van der Waals surface area contributed by atoms with Gasteiger partial charge in [0.25, 0.3) is 0 Å². The molecule has 30 heavy (non-hydrogen) atoms. The standard InChI is InChI=1S/C21H16N4O3S2/c1-24-16-5-3-4-6-17(16)25(2)20(24)14(9-22)18(26)10-28-21(27)15-12-30-19(23-15)13-7-8-29-11-13/h3-8,11-12H,10H2,1-2H3. The van der Waals surface area contributed by atoms with Crippen molar-refractivity contribution in [3.63, 3.8) is 0 Å². The van der Waals surface area contributed by atoms with Crippen molar-refractivity contribution < 1.29 is 14.3 Å². The highest BCUT2D eigenvalue weighted by Gasteiger charge is 2.31. The first-order chi connectivity index (χ1) is 14.5. The lowest BCUT2D eigenvalue weighted by Gasteiger charge is -2.19. The van der Waals surface area contributed by atoms with Crippen molar-refractivity contribution in [2.24, 2.45) is 0 Å². The third-order valence-corrected chi connectivity index (χ3v) is 6.24. The number of aromatic nitrogens is 1. The average molecular weight is 437 g/mol. The molecule has 0 aliphatic carbocycles. The summed E-state index contributed by atoms with van der Waals surface area (Å²) in [6, 6.07) is 11.5. The van der Waals surface area contributed by atoms with Gasteiger partial charge in [0.05, 0.1) is 11.4 Å². The predicted molar refractivity (Wildman–Crippen MR) is 117 cm³/mol. The molecule has 4 rings (SSSR count). The van der Waals surface area contributed by atoms with E-state index in [9.17, 15) is 14.9 Å². The quantitative estimate of drug-likeness (QED) is 0.340. The zero-order valence-corrected chi connectivity index (χ0v) is 17.8. The molecular formula is C21H16N4O3S2. The molecule has 0 atom stereocenters. The van der Waals surface area contributed by atoms with Crippen LogP contribution >= 0.6 is 22.7 Å². The number of rotatable bonds is 5. The second kappa shape index (κ2) is 8.10. The number of carbonyl (C=O) groups is 2. The molecule has 0 bridgehead atoms. The second-order valence-electron chi connectivity index (χ2n) is 6.47. The van der Waals surface area contributed by atoms with Gasteiger partial charge in [-0.05, 0) is 23.6 Å². The topological polar surface area (TPSA) is 86.5 Å². The van der Waals surface area contributed by atoms with E-state index in [0.29, 0.717) is 10.8 Å². The molecule has 9 heteroatoms. The van der Waals surface area contributed by atoms with E-state index >= 15 is 0 Å². The number of ether oxygens (including phenoxy) is 1. The van der Waals surface area contributed by atoms with Crippen molar-refractivity contribution >= 4 is 45.8 Å². The molecule has 0 N–H and O–H groups in total. The van der Waals surface area contributed by atoms with Gasteiger partial charge in [0, 0.05) is 30.4 Å². The first kappa shape index (κ1) is 19.8. The minimum Gasteiger partial charge on any atom is -0.453 e. The lowest BCUT2D eigenvalue weighted by molar-refractivity contribution is -0.118. The number of thiophene rings is 1. The maximum Gasteiger partial charge on any atom is 0.358 e. The molecule has 1 aliphatic rings. The Labute approximate surface area is 181 Å². The highest BCUT2D eigenvalue weighted by molar-refractivity contribution is 7.14. The zero-order valence-electron chi connectivity index (χ0n) is 16.2. The Morgan fingerprint density at radius 1 is 1.13 bits per heavy atom. The first-order valence-electron chi connectivity index (χ1n) is 8.90. The Morgan fingerprint density at radius 3 is 2.43 bits per heavy atom. The number of benzene rings is 1. The molecule has 0 saturated carbocycles. The number of fused-ring (bicyclic) bond motifs is 1. The number of ketones is 1. The summed E-state index contributed by atoms with van der Waals surface area (Å²) >= 11 is 2.87. The number of anilines is 2. The average Bonchev–Trinajstić information content (AvgIpc) is 3.50. The van der Waals surface area contributed by atoms with Gasteiger partial charge in [0.2, 0.25) is 5.78 Å². The largest absolute Gasteiger partial charge is 0.453 e. The van der Waals surface area contributed by atoms with Crippen molar-refractivity contribution in [3.05, 3.63) is 63.6 Å². The molecule has 2 aromatic heterocycles. The number of hydrogen-bond donors (Lipinski definition) is 0. The van der Waals surface area contributed by atoms with E-state index in [1.807, 2.05) is 47.2 Å². The molecule has 3 aromatic rings. The van der Waals surface area contributed by atoms with Gasteiger partial charge in [-0.15, -0.1) is 11.3 Å². The van der Waals surface area contributed by atoms with Crippen LogP contribution in [-0.4, -0.2) is 37.4 Å². The molecular weight excluding hydrogens is 420 g/mol. The summed E-state index contributed by atoms with van der Waals surface area (Å²) in [6.45, 7) is -0.533. The van der Waals surface area contributed by atoms with E-state index in [1.165, 1.54) is 11.3 Å². The third-order valence-electron chi connectivity index (χ3n) is 4.67. The van der Waals surface area contributed by atoms with Crippen LogP contribution < -0.4 is 9.80 Å². The SMILES string of the molecule is CN1C(=C(C#N)C(=O)COC(=O)c2csc(-c3ccsc3)n2)N(C)c2ccccc21. The number of esters is 1. The molecule has 0 amide bonds. The molecule has 150 valence electrons. The van der Waals surface area contributed by atoms with Gasteiger partial charge in [0.1, 0.15) is 22.5 Å². The number of nitrogens with zero attached hydrogens (tertiary/aromatic N) is 4. The minimum atomic E-state index is -0.695.